The van der Waals surface area contributed by atoms with Crippen LogP contribution < -0.4 is 4.74 Å². The molecule has 5 nitrogen and oxygen atoms in total. The van der Waals surface area contributed by atoms with Crippen molar-refractivity contribution in [2.75, 3.05) is 0 Å². The molecule has 3 aromatic heterocycles. The lowest BCUT2D eigenvalue weighted by Crippen LogP contribution is -2.27. The highest BCUT2D eigenvalue weighted by atomic mass is 19.4. The Morgan fingerprint density at radius 2 is 2.00 bits per heavy atom. The average molecular weight is 336 g/mol. The lowest BCUT2D eigenvalue weighted by Gasteiger charge is -2.20. The van der Waals surface area contributed by atoms with E-state index < -0.39 is 29.7 Å². The Hall–Kier alpha value is -3.15. The Labute approximate surface area is 132 Å². The molecule has 0 N–H and O–H groups in total. The van der Waals surface area contributed by atoms with E-state index in [1.807, 2.05) is 0 Å². The van der Waals surface area contributed by atoms with E-state index in [9.17, 15) is 22.8 Å². The van der Waals surface area contributed by atoms with Crippen molar-refractivity contribution in [1.29, 1.82) is 5.26 Å². The number of alkyl halides is 3. The van der Waals surface area contributed by atoms with Crippen LogP contribution in [0, 0.1) is 17.1 Å². The first kappa shape index (κ1) is 15.7. The summed E-state index contributed by atoms with van der Waals surface area (Å²) in [6, 6.07) is 8.24. The summed E-state index contributed by atoms with van der Waals surface area (Å²) in [5, 5.41) is 13.0. The van der Waals surface area contributed by atoms with Crippen LogP contribution in [0.2, 0.25) is 0 Å². The summed E-state index contributed by atoms with van der Waals surface area (Å²) >= 11 is 0. The van der Waals surface area contributed by atoms with Crippen molar-refractivity contribution >= 4 is 5.52 Å². The van der Waals surface area contributed by atoms with Gasteiger partial charge in [-0.2, -0.15) is 18.4 Å². The minimum Gasteiger partial charge on any atom is -0.456 e. The molecule has 0 radical (unpaired) electrons. The molecule has 0 saturated carbocycles. The fourth-order valence-corrected chi connectivity index (χ4v) is 2.11. The second-order valence-corrected chi connectivity index (χ2v) is 4.76. The zero-order chi connectivity index (χ0) is 17.3. The Kier molecular flexibility index (Phi) is 3.81. The summed E-state index contributed by atoms with van der Waals surface area (Å²) in [4.78, 5) is 3.41. The van der Waals surface area contributed by atoms with Crippen LogP contribution in [0.5, 0.6) is 5.88 Å². The van der Waals surface area contributed by atoms with E-state index in [0.29, 0.717) is 11.7 Å². The van der Waals surface area contributed by atoms with Crippen molar-refractivity contribution in [3.8, 4) is 11.9 Å². The molecule has 3 aromatic rings. The second-order valence-electron chi connectivity index (χ2n) is 4.76. The van der Waals surface area contributed by atoms with E-state index in [1.165, 1.54) is 16.8 Å². The van der Waals surface area contributed by atoms with Crippen LogP contribution in [0.3, 0.4) is 0 Å². The SMILES string of the molecule is N#Cc1c(OC(c2ccc(F)cn2)C(F)(F)F)nn2ccccc12. The molecule has 0 aliphatic carbocycles. The summed E-state index contributed by atoms with van der Waals surface area (Å²) < 4.78 is 59.0. The summed E-state index contributed by atoms with van der Waals surface area (Å²) in [6.07, 6.45) is -5.17. The average Bonchev–Trinajstić information content (AvgIpc) is 2.90. The topological polar surface area (TPSA) is 63.2 Å². The van der Waals surface area contributed by atoms with Gasteiger partial charge >= 0.3 is 6.18 Å². The maximum atomic E-state index is 13.3. The monoisotopic (exact) mass is 336 g/mol. The zero-order valence-corrected chi connectivity index (χ0v) is 11.8. The standard InChI is InChI=1S/C15H8F4N4O/c16-9-4-5-11(21-8-9)13(15(17,18)19)24-14-10(7-20)12-3-1-2-6-23(12)22-14/h1-6,8,13H. The van der Waals surface area contributed by atoms with Gasteiger partial charge in [0.1, 0.15) is 17.4 Å². The summed E-state index contributed by atoms with van der Waals surface area (Å²) in [7, 11) is 0. The highest BCUT2D eigenvalue weighted by Crippen LogP contribution is 2.37. The van der Waals surface area contributed by atoms with Gasteiger partial charge in [0.2, 0.25) is 6.10 Å². The maximum absolute atomic E-state index is 13.3. The third kappa shape index (κ3) is 2.86. The molecule has 3 heterocycles. The molecule has 0 aliphatic heterocycles. The van der Waals surface area contributed by atoms with Crippen molar-refractivity contribution in [3.63, 3.8) is 0 Å². The number of pyridine rings is 2. The number of ether oxygens (including phenoxy) is 1. The molecule has 9 heteroatoms. The first-order valence-corrected chi connectivity index (χ1v) is 6.62. The van der Waals surface area contributed by atoms with Crippen molar-refractivity contribution in [1.82, 2.24) is 14.6 Å². The minimum absolute atomic E-state index is 0.132. The minimum atomic E-state index is -4.83. The van der Waals surface area contributed by atoms with Crippen LogP contribution in [0.1, 0.15) is 17.4 Å². The summed E-state index contributed by atoms with van der Waals surface area (Å²) in [6.45, 7) is 0. The van der Waals surface area contributed by atoms with E-state index in [0.717, 1.165) is 12.1 Å². The van der Waals surface area contributed by atoms with E-state index in [4.69, 9.17) is 4.74 Å². The van der Waals surface area contributed by atoms with E-state index in [2.05, 4.69) is 10.1 Å². The number of aromatic nitrogens is 3. The molecule has 24 heavy (non-hydrogen) atoms. The third-order valence-electron chi connectivity index (χ3n) is 3.17. The number of nitriles is 1. The third-order valence-corrected chi connectivity index (χ3v) is 3.17. The molecule has 0 aliphatic rings. The predicted octanol–water partition coefficient (Wildman–Crippen LogP) is 3.42. The van der Waals surface area contributed by atoms with Gasteiger partial charge in [-0.1, -0.05) is 6.07 Å². The van der Waals surface area contributed by atoms with Crippen LogP contribution in [-0.4, -0.2) is 20.8 Å². The molecule has 0 bridgehead atoms. The lowest BCUT2D eigenvalue weighted by molar-refractivity contribution is -0.199. The Bertz CT molecular complexity index is 912. The highest BCUT2D eigenvalue weighted by Gasteiger charge is 2.45. The number of hydrogen-bond acceptors (Lipinski definition) is 4. The largest absolute Gasteiger partial charge is 0.456 e. The Balaban J connectivity index is 2.05. The van der Waals surface area contributed by atoms with Crippen LogP contribution in [-0.2, 0) is 0 Å². The molecule has 3 rings (SSSR count). The number of fused-ring (bicyclic) bond motifs is 1. The van der Waals surface area contributed by atoms with Gasteiger partial charge in [-0.25, -0.2) is 8.91 Å². The molecular formula is C15H8F4N4O. The molecule has 0 spiro atoms. The van der Waals surface area contributed by atoms with Gasteiger partial charge < -0.3 is 4.74 Å². The first-order chi connectivity index (χ1) is 11.4. The molecular weight excluding hydrogens is 328 g/mol. The molecule has 0 aromatic carbocycles. The van der Waals surface area contributed by atoms with Gasteiger partial charge in [-0.15, -0.1) is 5.10 Å². The van der Waals surface area contributed by atoms with E-state index in [-0.39, 0.29) is 5.56 Å². The van der Waals surface area contributed by atoms with Gasteiger partial charge in [-0.3, -0.25) is 4.98 Å². The van der Waals surface area contributed by atoms with Gasteiger partial charge in [-0.05, 0) is 24.3 Å². The smallest absolute Gasteiger partial charge is 0.431 e. The highest BCUT2D eigenvalue weighted by molar-refractivity contribution is 5.64. The summed E-state index contributed by atoms with van der Waals surface area (Å²) in [5.41, 5.74) is -0.361. The maximum Gasteiger partial charge on any atom is 0.431 e. The number of nitrogens with zero attached hydrogens (tertiary/aromatic N) is 4. The molecule has 0 fully saturated rings. The zero-order valence-electron chi connectivity index (χ0n) is 11.8. The van der Waals surface area contributed by atoms with Crippen molar-refractivity contribution < 1.29 is 22.3 Å². The molecule has 1 unspecified atom stereocenters. The number of rotatable bonds is 3. The van der Waals surface area contributed by atoms with E-state index in [1.54, 1.807) is 18.2 Å². The first-order valence-electron chi connectivity index (χ1n) is 6.62. The van der Waals surface area contributed by atoms with Crippen molar-refractivity contribution in [3.05, 3.63) is 59.8 Å². The summed E-state index contributed by atoms with van der Waals surface area (Å²) in [5.74, 6) is -1.25. The predicted molar refractivity (Wildman–Crippen MR) is 73.5 cm³/mol. The molecule has 1 atom stereocenters. The van der Waals surface area contributed by atoms with Crippen LogP contribution >= 0.6 is 0 Å². The van der Waals surface area contributed by atoms with Gasteiger partial charge in [0.25, 0.3) is 5.88 Å². The quantitative estimate of drug-likeness (QED) is 0.688. The van der Waals surface area contributed by atoms with E-state index >= 15 is 0 Å². The Morgan fingerprint density at radius 3 is 2.62 bits per heavy atom. The molecule has 0 amide bonds. The van der Waals surface area contributed by atoms with Gasteiger partial charge in [0.15, 0.2) is 0 Å². The lowest BCUT2D eigenvalue weighted by atomic mass is 10.2. The fourth-order valence-electron chi connectivity index (χ4n) is 2.11. The second kappa shape index (κ2) is 5.81. The van der Waals surface area contributed by atoms with Gasteiger partial charge in [0, 0.05) is 6.20 Å². The van der Waals surface area contributed by atoms with Gasteiger partial charge in [0.05, 0.1) is 17.4 Å². The molecule has 0 saturated heterocycles. The van der Waals surface area contributed by atoms with Crippen molar-refractivity contribution in [2.24, 2.45) is 0 Å². The number of halogens is 4. The normalized spacial score (nSPS) is 12.8. The molecule has 122 valence electrons. The van der Waals surface area contributed by atoms with Crippen LogP contribution in [0.4, 0.5) is 17.6 Å². The van der Waals surface area contributed by atoms with Crippen molar-refractivity contribution in [2.45, 2.75) is 12.3 Å². The fraction of sp³-hybridized carbons (Fsp3) is 0.133. The number of hydrogen-bond donors (Lipinski definition) is 0. The van der Waals surface area contributed by atoms with Crippen LogP contribution in [0.25, 0.3) is 5.52 Å². The Morgan fingerprint density at radius 1 is 1.21 bits per heavy atom. The van der Waals surface area contributed by atoms with Crippen LogP contribution in [0.15, 0.2) is 42.7 Å².